The summed E-state index contributed by atoms with van der Waals surface area (Å²) < 4.78 is 19.4. The third kappa shape index (κ3) is 5.47. The largest absolute Gasteiger partial charge is 0.377 e. The third-order valence-electron chi connectivity index (χ3n) is 3.10. The van der Waals surface area contributed by atoms with Crippen LogP contribution in [-0.2, 0) is 11.2 Å². The second-order valence-electron chi connectivity index (χ2n) is 4.66. The van der Waals surface area contributed by atoms with Crippen molar-refractivity contribution < 1.29 is 9.13 Å². The normalized spacial score (nSPS) is 14.4. The Morgan fingerprint density at radius 3 is 2.74 bits per heavy atom. The molecule has 0 saturated heterocycles. The molecule has 108 valence electrons. The second-order valence-corrected chi connectivity index (χ2v) is 5.10. The number of ether oxygens (including phenoxy) is 1. The predicted octanol–water partition coefficient (Wildman–Crippen LogP) is 3.81. The molecule has 0 heterocycles. The van der Waals surface area contributed by atoms with Crippen LogP contribution < -0.4 is 5.32 Å². The van der Waals surface area contributed by atoms with Crippen molar-refractivity contribution in [3.8, 4) is 0 Å². The van der Waals surface area contributed by atoms with Gasteiger partial charge in [0.1, 0.15) is 5.82 Å². The van der Waals surface area contributed by atoms with Crippen LogP contribution in [0.2, 0.25) is 5.02 Å². The van der Waals surface area contributed by atoms with Crippen molar-refractivity contribution in [1.29, 1.82) is 0 Å². The Kier molecular flexibility index (Phi) is 7.36. The van der Waals surface area contributed by atoms with E-state index in [2.05, 4.69) is 12.2 Å². The summed E-state index contributed by atoms with van der Waals surface area (Å²) in [7, 11) is 0. The monoisotopic (exact) mass is 287 g/mol. The van der Waals surface area contributed by atoms with Crippen molar-refractivity contribution in [1.82, 2.24) is 5.32 Å². The first kappa shape index (κ1) is 16.4. The van der Waals surface area contributed by atoms with E-state index in [9.17, 15) is 4.39 Å². The number of nitrogens with one attached hydrogen (secondary N) is 1. The predicted molar refractivity (Wildman–Crippen MR) is 78.3 cm³/mol. The molecule has 0 radical (unpaired) electrons. The Hall–Kier alpha value is -0.640. The maximum Gasteiger partial charge on any atom is 0.126 e. The highest BCUT2D eigenvalue weighted by Crippen LogP contribution is 2.18. The molecule has 1 N–H and O–H groups in total. The Labute approximate surface area is 120 Å². The lowest BCUT2D eigenvalue weighted by Gasteiger charge is -2.25. The van der Waals surface area contributed by atoms with E-state index in [0.29, 0.717) is 23.6 Å². The van der Waals surface area contributed by atoms with Gasteiger partial charge in [-0.05, 0) is 57.0 Å². The molecule has 0 aliphatic rings. The molecule has 0 bridgehead atoms. The van der Waals surface area contributed by atoms with Gasteiger partial charge in [-0.3, -0.25) is 0 Å². The summed E-state index contributed by atoms with van der Waals surface area (Å²) in [6.45, 7) is 7.63. The molecule has 0 spiro atoms. The summed E-state index contributed by atoms with van der Waals surface area (Å²) in [6, 6.07) is 4.77. The Morgan fingerprint density at radius 2 is 2.11 bits per heavy atom. The molecule has 0 amide bonds. The van der Waals surface area contributed by atoms with Gasteiger partial charge in [-0.15, -0.1) is 0 Å². The minimum absolute atomic E-state index is 0.0370. The molecule has 2 nitrogen and oxygen atoms in total. The highest BCUT2D eigenvalue weighted by Gasteiger charge is 2.19. The first-order valence-electron chi connectivity index (χ1n) is 6.87. The number of hydrogen-bond donors (Lipinski definition) is 1. The van der Waals surface area contributed by atoms with Gasteiger partial charge < -0.3 is 10.1 Å². The summed E-state index contributed by atoms with van der Waals surface area (Å²) in [6.07, 6.45) is 1.65. The fourth-order valence-electron chi connectivity index (χ4n) is 2.05. The molecule has 4 heteroatoms. The van der Waals surface area contributed by atoms with Gasteiger partial charge in [-0.2, -0.15) is 0 Å². The van der Waals surface area contributed by atoms with Gasteiger partial charge in [0.2, 0.25) is 0 Å². The standard InChI is InChI=1S/C15H23ClFNO/c1-4-8-18-15(11(3)19-5-2)10-12-9-13(16)6-7-14(12)17/h6-7,9,11,15,18H,4-5,8,10H2,1-3H3. The third-order valence-corrected chi connectivity index (χ3v) is 3.34. The van der Waals surface area contributed by atoms with Gasteiger partial charge in [0.25, 0.3) is 0 Å². The minimum Gasteiger partial charge on any atom is -0.377 e. The summed E-state index contributed by atoms with van der Waals surface area (Å²) in [5, 5.41) is 3.98. The molecule has 1 aromatic rings. The zero-order chi connectivity index (χ0) is 14.3. The quantitative estimate of drug-likeness (QED) is 0.785. The summed E-state index contributed by atoms with van der Waals surface area (Å²) in [5.74, 6) is -0.212. The Morgan fingerprint density at radius 1 is 1.37 bits per heavy atom. The van der Waals surface area contributed by atoms with Gasteiger partial charge in [0.05, 0.1) is 6.10 Å². The van der Waals surface area contributed by atoms with E-state index in [1.54, 1.807) is 12.1 Å². The van der Waals surface area contributed by atoms with Crippen molar-refractivity contribution in [2.75, 3.05) is 13.2 Å². The maximum absolute atomic E-state index is 13.8. The van der Waals surface area contributed by atoms with Crippen LogP contribution in [0.15, 0.2) is 18.2 Å². The van der Waals surface area contributed by atoms with Crippen LogP contribution in [-0.4, -0.2) is 25.3 Å². The number of halogens is 2. The van der Waals surface area contributed by atoms with Gasteiger partial charge in [0.15, 0.2) is 0 Å². The van der Waals surface area contributed by atoms with Crippen molar-refractivity contribution in [3.63, 3.8) is 0 Å². The van der Waals surface area contributed by atoms with Gasteiger partial charge in [-0.1, -0.05) is 18.5 Å². The van der Waals surface area contributed by atoms with E-state index in [0.717, 1.165) is 13.0 Å². The highest BCUT2D eigenvalue weighted by molar-refractivity contribution is 6.30. The van der Waals surface area contributed by atoms with Crippen LogP contribution in [0.4, 0.5) is 4.39 Å². The van der Waals surface area contributed by atoms with E-state index in [1.807, 2.05) is 13.8 Å². The van der Waals surface area contributed by atoms with Gasteiger partial charge >= 0.3 is 0 Å². The zero-order valence-electron chi connectivity index (χ0n) is 11.9. The van der Waals surface area contributed by atoms with Crippen molar-refractivity contribution in [2.24, 2.45) is 0 Å². The molecule has 0 aliphatic heterocycles. The van der Waals surface area contributed by atoms with Gasteiger partial charge in [0, 0.05) is 17.7 Å². The topological polar surface area (TPSA) is 21.3 Å². The summed E-state index contributed by atoms with van der Waals surface area (Å²) in [5.41, 5.74) is 0.632. The van der Waals surface area contributed by atoms with E-state index in [4.69, 9.17) is 16.3 Å². The van der Waals surface area contributed by atoms with E-state index in [1.165, 1.54) is 6.07 Å². The molecular weight excluding hydrogens is 265 g/mol. The minimum atomic E-state index is -0.212. The van der Waals surface area contributed by atoms with Crippen LogP contribution in [0.1, 0.15) is 32.8 Å². The maximum atomic E-state index is 13.8. The van der Waals surface area contributed by atoms with Crippen molar-refractivity contribution in [3.05, 3.63) is 34.6 Å². The van der Waals surface area contributed by atoms with Crippen LogP contribution in [0.25, 0.3) is 0 Å². The SMILES string of the molecule is CCCNC(Cc1cc(Cl)ccc1F)C(C)OCC. The summed E-state index contributed by atoms with van der Waals surface area (Å²) in [4.78, 5) is 0. The molecule has 1 rings (SSSR count). The molecular formula is C15H23ClFNO. The van der Waals surface area contributed by atoms with Crippen LogP contribution >= 0.6 is 11.6 Å². The second kappa shape index (κ2) is 8.51. The van der Waals surface area contributed by atoms with E-state index >= 15 is 0 Å². The molecule has 2 unspecified atom stereocenters. The number of rotatable bonds is 8. The van der Waals surface area contributed by atoms with E-state index < -0.39 is 0 Å². The lowest BCUT2D eigenvalue weighted by molar-refractivity contribution is 0.0474. The fraction of sp³-hybridized carbons (Fsp3) is 0.600. The van der Waals surface area contributed by atoms with Crippen LogP contribution in [0.3, 0.4) is 0 Å². The molecule has 0 aliphatic carbocycles. The Balaban J connectivity index is 2.77. The van der Waals surface area contributed by atoms with Gasteiger partial charge in [-0.25, -0.2) is 4.39 Å². The molecule has 19 heavy (non-hydrogen) atoms. The average molecular weight is 288 g/mol. The number of hydrogen-bond acceptors (Lipinski definition) is 2. The fourth-order valence-corrected chi connectivity index (χ4v) is 2.24. The molecule has 2 atom stereocenters. The lowest BCUT2D eigenvalue weighted by Crippen LogP contribution is -2.42. The first-order valence-corrected chi connectivity index (χ1v) is 7.25. The van der Waals surface area contributed by atoms with Crippen molar-refractivity contribution >= 4 is 11.6 Å². The molecule has 0 fully saturated rings. The van der Waals surface area contributed by atoms with Crippen LogP contribution in [0, 0.1) is 5.82 Å². The highest BCUT2D eigenvalue weighted by atomic mass is 35.5. The first-order chi connectivity index (χ1) is 9.08. The lowest BCUT2D eigenvalue weighted by atomic mass is 10.0. The summed E-state index contributed by atoms with van der Waals surface area (Å²) >= 11 is 5.93. The smallest absolute Gasteiger partial charge is 0.126 e. The van der Waals surface area contributed by atoms with Crippen molar-refractivity contribution in [2.45, 2.75) is 45.8 Å². The number of benzene rings is 1. The Bertz CT molecular complexity index is 386. The van der Waals surface area contributed by atoms with E-state index in [-0.39, 0.29) is 18.0 Å². The molecule has 1 aromatic carbocycles. The zero-order valence-corrected chi connectivity index (χ0v) is 12.6. The van der Waals surface area contributed by atoms with Crippen LogP contribution in [0.5, 0.6) is 0 Å². The molecule has 0 saturated carbocycles. The average Bonchev–Trinajstić information content (AvgIpc) is 2.38. The molecule has 0 aromatic heterocycles.